The van der Waals surface area contributed by atoms with Gasteiger partial charge in [-0.05, 0) is 37.7 Å². The molecule has 4 rings (SSSR count). The predicted molar refractivity (Wildman–Crippen MR) is 105 cm³/mol. The Kier molecular flexibility index (Phi) is 5.52. The summed E-state index contributed by atoms with van der Waals surface area (Å²) in [7, 11) is -3.42. The van der Waals surface area contributed by atoms with Gasteiger partial charge in [0.2, 0.25) is 0 Å². The molecule has 0 spiro atoms. The standard InChI is InChI=1S/C20H26N4O2S/c25-27(26,24-12-6-1-2-7-13-24)23-18-10-11-19-17(14-18)15-21-20(22-19)16-8-4-3-5-9-16/h3-5,8-9,15,18,23H,1-2,6-7,10-14H2/t18-/m1/s1. The van der Waals surface area contributed by atoms with Crippen molar-refractivity contribution in [2.45, 2.75) is 51.0 Å². The molecular formula is C20H26N4O2S. The lowest BCUT2D eigenvalue weighted by atomic mass is 9.93. The number of nitrogens with one attached hydrogen (secondary N) is 1. The molecule has 2 heterocycles. The molecule has 6 nitrogen and oxygen atoms in total. The van der Waals surface area contributed by atoms with Crippen LogP contribution in [0.4, 0.5) is 0 Å². The second-order valence-corrected chi connectivity index (χ2v) is 9.11. The fourth-order valence-electron chi connectivity index (χ4n) is 3.90. The van der Waals surface area contributed by atoms with E-state index >= 15 is 0 Å². The summed E-state index contributed by atoms with van der Waals surface area (Å²) in [6.07, 6.45) is 8.17. The number of hydrogen-bond acceptors (Lipinski definition) is 4. The molecule has 0 radical (unpaired) electrons. The van der Waals surface area contributed by atoms with Gasteiger partial charge in [-0.25, -0.2) is 9.97 Å². The lowest BCUT2D eigenvalue weighted by Crippen LogP contribution is -2.47. The van der Waals surface area contributed by atoms with Crippen LogP contribution in [0, 0.1) is 0 Å². The average Bonchev–Trinajstić information content (AvgIpc) is 2.98. The Hall–Kier alpha value is -1.83. The Morgan fingerprint density at radius 1 is 1.04 bits per heavy atom. The van der Waals surface area contributed by atoms with Gasteiger partial charge in [0.25, 0.3) is 10.2 Å². The molecule has 1 aliphatic carbocycles. The van der Waals surface area contributed by atoms with Gasteiger partial charge in [0.1, 0.15) is 0 Å². The minimum absolute atomic E-state index is 0.0862. The van der Waals surface area contributed by atoms with Gasteiger partial charge in [0.05, 0.1) is 0 Å². The highest BCUT2D eigenvalue weighted by Crippen LogP contribution is 2.23. The number of aryl methyl sites for hydroxylation is 1. The van der Waals surface area contributed by atoms with Crippen molar-refractivity contribution in [3.05, 3.63) is 47.8 Å². The van der Waals surface area contributed by atoms with E-state index in [4.69, 9.17) is 4.98 Å². The second-order valence-electron chi connectivity index (χ2n) is 7.41. The Labute approximate surface area is 161 Å². The van der Waals surface area contributed by atoms with E-state index in [2.05, 4.69) is 9.71 Å². The van der Waals surface area contributed by atoms with Gasteiger partial charge in [0.15, 0.2) is 5.82 Å². The van der Waals surface area contributed by atoms with E-state index in [9.17, 15) is 8.42 Å². The molecule has 2 aliphatic rings. The third kappa shape index (κ3) is 4.36. The minimum Gasteiger partial charge on any atom is -0.236 e. The molecule has 144 valence electrons. The first kappa shape index (κ1) is 18.5. The van der Waals surface area contributed by atoms with Gasteiger partial charge in [0, 0.05) is 36.6 Å². The van der Waals surface area contributed by atoms with Crippen molar-refractivity contribution >= 4 is 10.2 Å². The molecule has 0 amide bonds. The molecule has 1 aromatic carbocycles. The van der Waals surface area contributed by atoms with Crippen LogP contribution < -0.4 is 4.72 Å². The smallest absolute Gasteiger partial charge is 0.236 e. The summed E-state index contributed by atoms with van der Waals surface area (Å²) in [6.45, 7) is 1.25. The Bertz CT molecular complexity index is 878. The van der Waals surface area contributed by atoms with Crippen LogP contribution in [-0.2, 0) is 23.1 Å². The Balaban J connectivity index is 1.45. The topological polar surface area (TPSA) is 75.2 Å². The highest BCUT2D eigenvalue weighted by atomic mass is 32.2. The van der Waals surface area contributed by atoms with Crippen LogP contribution in [0.2, 0.25) is 0 Å². The van der Waals surface area contributed by atoms with E-state index < -0.39 is 10.2 Å². The molecule has 2 aromatic rings. The summed E-state index contributed by atoms with van der Waals surface area (Å²) in [5.74, 6) is 0.734. The number of aromatic nitrogens is 2. The summed E-state index contributed by atoms with van der Waals surface area (Å²) >= 11 is 0. The van der Waals surface area contributed by atoms with Crippen LogP contribution in [0.1, 0.15) is 43.4 Å². The molecule has 1 saturated heterocycles. The van der Waals surface area contributed by atoms with Crippen molar-refractivity contribution in [1.82, 2.24) is 19.0 Å². The molecule has 1 aromatic heterocycles. The summed E-state index contributed by atoms with van der Waals surface area (Å²) in [4.78, 5) is 9.21. The van der Waals surface area contributed by atoms with Crippen molar-refractivity contribution in [2.75, 3.05) is 13.1 Å². The fraction of sp³-hybridized carbons (Fsp3) is 0.500. The van der Waals surface area contributed by atoms with Crippen LogP contribution >= 0.6 is 0 Å². The van der Waals surface area contributed by atoms with Crippen molar-refractivity contribution in [3.8, 4) is 11.4 Å². The quantitative estimate of drug-likeness (QED) is 0.877. The number of benzene rings is 1. The summed E-state index contributed by atoms with van der Waals surface area (Å²) in [6, 6.07) is 9.85. The zero-order chi connectivity index (χ0) is 18.7. The number of fused-ring (bicyclic) bond motifs is 1. The molecule has 0 saturated carbocycles. The minimum atomic E-state index is -3.42. The molecule has 1 N–H and O–H groups in total. The maximum absolute atomic E-state index is 12.7. The third-order valence-corrected chi connectivity index (χ3v) is 7.08. The lowest BCUT2D eigenvalue weighted by Gasteiger charge is -2.28. The summed E-state index contributed by atoms with van der Waals surface area (Å²) < 4.78 is 30.0. The van der Waals surface area contributed by atoms with E-state index in [1.54, 1.807) is 4.31 Å². The summed E-state index contributed by atoms with van der Waals surface area (Å²) in [5, 5.41) is 0. The highest BCUT2D eigenvalue weighted by molar-refractivity contribution is 7.87. The molecule has 1 fully saturated rings. The average molecular weight is 387 g/mol. The van der Waals surface area contributed by atoms with E-state index in [1.165, 1.54) is 0 Å². The predicted octanol–water partition coefficient (Wildman–Crippen LogP) is 2.71. The van der Waals surface area contributed by atoms with E-state index in [-0.39, 0.29) is 6.04 Å². The van der Waals surface area contributed by atoms with Gasteiger partial charge < -0.3 is 0 Å². The van der Waals surface area contributed by atoms with Gasteiger partial charge in [-0.1, -0.05) is 43.2 Å². The Morgan fingerprint density at radius 3 is 2.52 bits per heavy atom. The van der Waals surface area contributed by atoms with Crippen LogP contribution in [0.25, 0.3) is 11.4 Å². The highest BCUT2D eigenvalue weighted by Gasteiger charge is 2.29. The van der Waals surface area contributed by atoms with Crippen LogP contribution in [0.3, 0.4) is 0 Å². The van der Waals surface area contributed by atoms with Gasteiger partial charge in [-0.15, -0.1) is 0 Å². The molecule has 0 unspecified atom stereocenters. The first-order valence-corrected chi connectivity index (χ1v) is 11.2. The zero-order valence-electron chi connectivity index (χ0n) is 15.5. The third-order valence-electron chi connectivity index (χ3n) is 5.40. The number of rotatable bonds is 4. The first-order valence-electron chi connectivity index (χ1n) is 9.79. The largest absolute Gasteiger partial charge is 0.279 e. The van der Waals surface area contributed by atoms with Gasteiger partial charge >= 0.3 is 0 Å². The molecule has 27 heavy (non-hydrogen) atoms. The second kappa shape index (κ2) is 8.04. The van der Waals surface area contributed by atoms with Crippen molar-refractivity contribution in [1.29, 1.82) is 0 Å². The fourth-order valence-corrected chi connectivity index (χ4v) is 5.41. The zero-order valence-corrected chi connectivity index (χ0v) is 16.3. The normalized spacial score (nSPS) is 21.4. The number of nitrogens with zero attached hydrogens (tertiary/aromatic N) is 3. The van der Waals surface area contributed by atoms with Crippen LogP contribution in [0.5, 0.6) is 0 Å². The molecule has 1 atom stereocenters. The molecule has 0 bridgehead atoms. The molecule has 1 aliphatic heterocycles. The van der Waals surface area contributed by atoms with Crippen molar-refractivity contribution in [2.24, 2.45) is 0 Å². The van der Waals surface area contributed by atoms with Gasteiger partial charge in [-0.2, -0.15) is 17.4 Å². The van der Waals surface area contributed by atoms with Crippen molar-refractivity contribution < 1.29 is 8.42 Å². The SMILES string of the molecule is O=S(=O)(N[C@@H]1CCc2nc(-c3ccccc3)ncc2C1)N1CCCCCC1. The molecular weight excluding hydrogens is 360 g/mol. The monoisotopic (exact) mass is 386 g/mol. The van der Waals surface area contributed by atoms with Crippen LogP contribution in [0.15, 0.2) is 36.5 Å². The van der Waals surface area contributed by atoms with E-state index in [0.29, 0.717) is 19.5 Å². The summed E-state index contributed by atoms with van der Waals surface area (Å²) in [5.41, 5.74) is 3.09. The maximum atomic E-state index is 12.7. The maximum Gasteiger partial charge on any atom is 0.279 e. The molecule has 7 heteroatoms. The van der Waals surface area contributed by atoms with Gasteiger partial charge in [-0.3, -0.25) is 0 Å². The van der Waals surface area contributed by atoms with Crippen LogP contribution in [-0.4, -0.2) is 41.8 Å². The van der Waals surface area contributed by atoms with Crippen molar-refractivity contribution in [3.63, 3.8) is 0 Å². The lowest BCUT2D eigenvalue weighted by molar-refractivity contribution is 0.400. The van der Waals surface area contributed by atoms with E-state index in [1.807, 2.05) is 36.5 Å². The first-order chi connectivity index (χ1) is 13.1. The Morgan fingerprint density at radius 2 is 1.78 bits per heavy atom. The van der Waals surface area contributed by atoms with E-state index in [0.717, 1.165) is 61.2 Å². The number of hydrogen-bond donors (Lipinski definition) is 1.